The lowest BCUT2D eigenvalue weighted by molar-refractivity contribution is 0.0984. The van der Waals surface area contributed by atoms with Crippen LogP contribution in [0.15, 0.2) is 18.3 Å². The predicted octanol–water partition coefficient (Wildman–Crippen LogP) is 0.571. The fourth-order valence-electron chi connectivity index (χ4n) is 1.66. The fraction of sp³-hybridized carbons (Fsp3) is 0.500. The first kappa shape index (κ1) is 12.2. The van der Waals surface area contributed by atoms with E-state index in [2.05, 4.69) is 15.6 Å². The largest absolute Gasteiger partial charge is 0.359 e. The Hall–Kier alpha value is -0.840. The number of hydrogen-bond acceptors (Lipinski definition) is 3. The number of carbonyl (C=O) groups is 1. The number of H-pyrrole nitrogens is 1. The Morgan fingerprint density at radius 2 is 2.47 bits per heavy atom. The van der Waals surface area contributed by atoms with E-state index in [4.69, 9.17) is 0 Å². The van der Waals surface area contributed by atoms with Gasteiger partial charge in [0.15, 0.2) is 5.78 Å². The van der Waals surface area contributed by atoms with Crippen molar-refractivity contribution >= 4 is 18.2 Å². The second kappa shape index (κ2) is 5.90. The van der Waals surface area contributed by atoms with Crippen LogP contribution in [0.4, 0.5) is 0 Å². The number of halogens is 1. The molecule has 0 aliphatic carbocycles. The Kier molecular flexibility index (Phi) is 4.81. The molecule has 0 saturated carbocycles. The number of hydrogen-bond donors (Lipinski definition) is 3. The summed E-state index contributed by atoms with van der Waals surface area (Å²) in [5.74, 6) is 0.127. The molecule has 1 aliphatic rings. The summed E-state index contributed by atoms with van der Waals surface area (Å²) >= 11 is 0. The summed E-state index contributed by atoms with van der Waals surface area (Å²) in [5.41, 5.74) is 0.684. The second-order valence-electron chi connectivity index (χ2n) is 3.58. The zero-order valence-corrected chi connectivity index (χ0v) is 9.27. The Morgan fingerprint density at radius 3 is 3.07 bits per heavy atom. The van der Waals surface area contributed by atoms with Gasteiger partial charge in [0.2, 0.25) is 0 Å². The van der Waals surface area contributed by atoms with Crippen LogP contribution in [-0.4, -0.2) is 36.4 Å². The van der Waals surface area contributed by atoms with E-state index >= 15 is 0 Å². The van der Waals surface area contributed by atoms with E-state index in [1.807, 2.05) is 6.07 Å². The fourth-order valence-corrected chi connectivity index (χ4v) is 1.66. The van der Waals surface area contributed by atoms with Gasteiger partial charge < -0.3 is 15.6 Å². The van der Waals surface area contributed by atoms with Crippen LogP contribution in [0.5, 0.6) is 0 Å². The van der Waals surface area contributed by atoms with E-state index in [9.17, 15) is 4.79 Å². The van der Waals surface area contributed by atoms with E-state index in [1.54, 1.807) is 12.3 Å². The predicted molar refractivity (Wildman–Crippen MR) is 61.6 cm³/mol. The SMILES string of the molecule is Cl.O=C(CN[C@@H]1CCNC1)c1ccc[nH]1. The Labute approximate surface area is 95.2 Å². The zero-order chi connectivity index (χ0) is 9.80. The molecule has 15 heavy (non-hydrogen) atoms. The van der Waals surface area contributed by atoms with Gasteiger partial charge in [0.25, 0.3) is 0 Å². The van der Waals surface area contributed by atoms with Crippen molar-refractivity contribution in [1.29, 1.82) is 0 Å². The van der Waals surface area contributed by atoms with Gasteiger partial charge in [-0.1, -0.05) is 0 Å². The average molecular weight is 230 g/mol. The van der Waals surface area contributed by atoms with Crippen LogP contribution in [-0.2, 0) is 0 Å². The first-order valence-electron chi connectivity index (χ1n) is 4.97. The number of aromatic nitrogens is 1. The van der Waals surface area contributed by atoms with E-state index in [0.717, 1.165) is 19.5 Å². The molecule has 0 bridgehead atoms. The van der Waals surface area contributed by atoms with Crippen LogP contribution in [0.1, 0.15) is 16.9 Å². The average Bonchev–Trinajstić information content (AvgIpc) is 2.87. The van der Waals surface area contributed by atoms with Crippen molar-refractivity contribution < 1.29 is 4.79 Å². The molecule has 0 aromatic carbocycles. The molecule has 4 nitrogen and oxygen atoms in total. The molecule has 1 aromatic rings. The molecule has 0 radical (unpaired) electrons. The molecule has 1 atom stereocenters. The number of rotatable bonds is 4. The monoisotopic (exact) mass is 229 g/mol. The maximum atomic E-state index is 11.5. The van der Waals surface area contributed by atoms with Gasteiger partial charge in [-0.3, -0.25) is 4.79 Å². The molecule has 1 saturated heterocycles. The number of nitrogens with one attached hydrogen (secondary N) is 3. The van der Waals surface area contributed by atoms with Gasteiger partial charge in [-0.25, -0.2) is 0 Å². The molecule has 5 heteroatoms. The normalized spacial score (nSPS) is 19.9. The number of aromatic amines is 1. The molecular formula is C10H16ClN3O. The van der Waals surface area contributed by atoms with Gasteiger partial charge in [0.05, 0.1) is 12.2 Å². The first-order valence-corrected chi connectivity index (χ1v) is 4.97. The maximum Gasteiger partial charge on any atom is 0.192 e. The third-order valence-electron chi connectivity index (χ3n) is 2.51. The molecule has 84 valence electrons. The second-order valence-corrected chi connectivity index (χ2v) is 3.58. The van der Waals surface area contributed by atoms with Gasteiger partial charge in [-0.2, -0.15) is 0 Å². The van der Waals surface area contributed by atoms with E-state index < -0.39 is 0 Å². The summed E-state index contributed by atoms with van der Waals surface area (Å²) in [6, 6.07) is 4.09. The topological polar surface area (TPSA) is 56.9 Å². The molecule has 1 aliphatic heterocycles. The van der Waals surface area contributed by atoms with Crippen LogP contribution in [0.25, 0.3) is 0 Å². The molecule has 1 aromatic heterocycles. The number of Topliss-reactive ketones (excluding diaryl/α,β-unsaturated/α-hetero) is 1. The van der Waals surface area contributed by atoms with E-state index in [0.29, 0.717) is 18.3 Å². The van der Waals surface area contributed by atoms with Crippen molar-refractivity contribution in [3.05, 3.63) is 24.0 Å². The lowest BCUT2D eigenvalue weighted by Crippen LogP contribution is -2.35. The number of ketones is 1. The van der Waals surface area contributed by atoms with Crippen molar-refractivity contribution in [1.82, 2.24) is 15.6 Å². The van der Waals surface area contributed by atoms with Crippen molar-refractivity contribution in [3.63, 3.8) is 0 Å². The summed E-state index contributed by atoms with van der Waals surface area (Å²) in [6.07, 6.45) is 2.88. The molecule has 0 spiro atoms. The lowest BCUT2D eigenvalue weighted by atomic mass is 10.2. The third kappa shape index (κ3) is 3.34. The molecule has 0 unspecified atom stereocenters. The molecule has 1 fully saturated rings. The Bertz CT molecular complexity index is 294. The summed E-state index contributed by atoms with van der Waals surface area (Å²) in [7, 11) is 0. The van der Waals surface area contributed by atoms with Crippen LogP contribution < -0.4 is 10.6 Å². The highest BCUT2D eigenvalue weighted by molar-refractivity contribution is 5.95. The summed E-state index contributed by atoms with van der Waals surface area (Å²) in [5, 5.41) is 6.49. The smallest absolute Gasteiger partial charge is 0.192 e. The highest BCUT2D eigenvalue weighted by atomic mass is 35.5. The Balaban J connectivity index is 0.00000112. The minimum absolute atomic E-state index is 0. The third-order valence-corrected chi connectivity index (χ3v) is 2.51. The molecule has 3 N–H and O–H groups in total. The molecule has 2 heterocycles. The van der Waals surface area contributed by atoms with Gasteiger partial charge in [0, 0.05) is 18.8 Å². The van der Waals surface area contributed by atoms with Crippen molar-refractivity contribution in [3.8, 4) is 0 Å². The minimum Gasteiger partial charge on any atom is -0.359 e. The van der Waals surface area contributed by atoms with Crippen LogP contribution >= 0.6 is 12.4 Å². The van der Waals surface area contributed by atoms with E-state index in [1.165, 1.54) is 0 Å². The van der Waals surface area contributed by atoms with Crippen molar-refractivity contribution in [2.45, 2.75) is 12.5 Å². The van der Waals surface area contributed by atoms with Gasteiger partial charge in [-0.05, 0) is 25.1 Å². The summed E-state index contributed by atoms with van der Waals surface area (Å²) < 4.78 is 0. The molecule has 0 amide bonds. The van der Waals surface area contributed by atoms with Crippen molar-refractivity contribution in [2.24, 2.45) is 0 Å². The standard InChI is InChI=1S/C10H15N3O.ClH/c14-10(9-2-1-4-12-9)7-13-8-3-5-11-6-8;/h1-2,4,8,11-13H,3,5-7H2;1H/t8-;/m1./s1. The quantitative estimate of drug-likeness (QED) is 0.662. The van der Waals surface area contributed by atoms with Gasteiger partial charge in [-0.15, -0.1) is 12.4 Å². The molecule has 2 rings (SSSR count). The van der Waals surface area contributed by atoms with Crippen LogP contribution in [0.2, 0.25) is 0 Å². The van der Waals surface area contributed by atoms with Crippen LogP contribution in [0, 0.1) is 0 Å². The summed E-state index contributed by atoms with van der Waals surface area (Å²) in [4.78, 5) is 14.5. The lowest BCUT2D eigenvalue weighted by Gasteiger charge is -2.09. The Morgan fingerprint density at radius 1 is 1.60 bits per heavy atom. The highest BCUT2D eigenvalue weighted by Gasteiger charge is 2.15. The zero-order valence-electron chi connectivity index (χ0n) is 8.45. The first-order chi connectivity index (χ1) is 6.86. The van der Waals surface area contributed by atoms with Gasteiger partial charge in [0.1, 0.15) is 0 Å². The summed E-state index contributed by atoms with van der Waals surface area (Å²) in [6.45, 7) is 2.44. The number of carbonyl (C=O) groups excluding carboxylic acids is 1. The molecular weight excluding hydrogens is 214 g/mol. The maximum absolute atomic E-state index is 11.5. The highest BCUT2D eigenvalue weighted by Crippen LogP contribution is 1.99. The van der Waals surface area contributed by atoms with Crippen molar-refractivity contribution in [2.75, 3.05) is 19.6 Å². The van der Waals surface area contributed by atoms with Gasteiger partial charge >= 0.3 is 0 Å². The van der Waals surface area contributed by atoms with E-state index in [-0.39, 0.29) is 18.2 Å². The minimum atomic E-state index is 0. The van der Waals surface area contributed by atoms with Crippen LogP contribution in [0.3, 0.4) is 0 Å².